The van der Waals surface area contributed by atoms with E-state index in [1.165, 1.54) is 32.1 Å². The van der Waals surface area contributed by atoms with Gasteiger partial charge in [-0.15, -0.1) is 0 Å². The SMILES string of the molecule is Cc1nc(CNC(C)c2nc(C3CCCCC3)no2)no1. The predicted octanol–water partition coefficient (Wildman–Crippen LogP) is 2.66. The fraction of sp³-hybridized carbons (Fsp3) is 0.714. The first kappa shape index (κ1) is 14.2. The molecule has 2 aromatic heterocycles. The van der Waals surface area contributed by atoms with Crippen molar-refractivity contribution in [2.45, 2.75) is 64.5 Å². The lowest BCUT2D eigenvalue weighted by atomic mass is 9.89. The average molecular weight is 291 g/mol. The first-order valence-electron chi connectivity index (χ1n) is 7.58. The quantitative estimate of drug-likeness (QED) is 0.905. The number of rotatable bonds is 5. The Hall–Kier alpha value is -1.76. The van der Waals surface area contributed by atoms with Gasteiger partial charge in [0.2, 0.25) is 11.8 Å². The number of nitrogens with zero attached hydrogens (tertiary/aromatic N) is 4. The van der Waals surface area contributed by atoms with E-state index in [0.29, 0.717) is 30.1 Å². The van der Waals surface area contributed by atoms with Crippen LogP contribution in [0.2, 0.25) is 0 Å². The summed E-state index contributed by atoms with van der Waals surface area (Å²) in [5, 5.41) is 11.3. The van der Waals surface area contributed by atoms with Gasteiger partial charge in [-0.1, -0.05) is 29.6 Å². The Kier molecular flexibility index (Phi) is 4.28. The van der Waals surface area contributed by atoms with Crippen molar-refractivity contribution in [3.8, 4) is 0 Å². The van der Waals surface area contributed by atoms with Gasteiger partial charge in [0.1, 0.15) is 0 Å². The van der Waals surface area contributed by atoms with Crippen LogP contribution in [0.15, 0.2) is 9.05 Å². The maximum atomic E-state index is 5.39. The number of aryl methyl sites for hydroxylation is 1. The van der Waals surface area contributed by atoms with Crippen LogP contribution in [-0.2, 0) is 6.54 Å². The van der Waals surface area contributed by atoms with E-state index in [4.69, 9.17) is 9.05 Å². The van der Waals surface area contributed by atoms with Crippen LogP contribution in [0.25, 0.3) is 0 Å². The van der Waals surface area contributed by atoms with E-state index in [-0.39, 0.29) is 6.04 Å². The molecule has 0 aliphatic heterocycles. The molecule has 0 radical (unpaired) electrons. The van der Waals surface area contributed by atoms with Crippen LogP contribution in [0.5, 0.6) is 0 Å². The molecular formula is C14H21N5O2. The lowest BCUT2D eigenvalue weighted by Crippen LogP contribution is -2.19. The normalized spacial score (nSPS) is 18.0. The van der Waals surface area contributed by atoms with Gasteiger partial charge in [-0.2, -0.15) is 9.97 Å². The van der Waals surface area contributed by atoms with Gasteiger partial charge >= 0.3 is 0 Å². The van der Waals surface area contributed by atoms with Gasteiger partial charge in [-0.05, 0) is 19.8 Å². The smallest absolute Gasteiger partial charge is 0.243 e. The highest BCUT2D eigenvalue weighted by atomic mass is 16.5. The topological polar surface area (TPSA) is 89.9 Å². The van der Waals surface area contributed by atoms with Crippen molar-refractivity contribution < 1.29 is 9.05 Å². The maximum Gasteiger partial charge on any atom is 0.243 e. The Morgan fingerprint density at radius 1 is 1.14 bits per heavy atom. The summed E-state index contributed by atoms with van der Waals surface area (Å²) in [6.45, 7) is 4.28. The van der Waals surface area contributed by atoms with E-state index >= 15 is 0 Å². The van der Waals surface area contributed by atoms with Gasteiger partial charge in [0, 0.05) is 12.8 Å². The van der Waals surface area contributed by atoms with Crippen LogP contribution >= 0.6 is 0 Å². The van der Waals surface area contributed by atoms with Crippen molar-refractivity contribution in [3.63, 3.8) is 0 Å². The van der Waals surface area contributed by atoms with E-state index in [9.17, 15) is 0 Å². The van der Waals surface area contributed by atoms with Gasteiger partial charge in [-0.3, -0.25) is 5.32 Å². The highest BCUT2D eigenvalue weighted by Gasteiger charge is 2.22. The molecule has 1 saturated carbocycles. The molecule has 7 heteroatoms. The molecular weight excluding hydrogens is 270 g/mol. The Balaban J connectivity index is 1.57. The summed E-state index contributed by atoms with van der Waals surface area (Å²) in [6.07, 6.45) is 6.19. The number of nitrogens with one attached hydrogen (secondary N) is 1. The zero-order chi connectivity index (χ0) is 14.7. The third kappa shape index (κ3) is 3.47. The first-order chi connectivity index (χ1) is 10.2. The summed E-state index contributed by atoms with van der Waals surface area (Å²) in [5.74, 6) is 3.14. The highest BCUT2D eigenvalue weighted by molar-refractivity contribution is 4.99. The van der Waals surface area contributed by atoms with Crippen molar-refractivity contribution in [2.75, 3.05) is 0 Å². The second-order valence-corrected chi connectivity index (χ2v) is 5.66. The molecule has 1 fully saturated rings. The van der Waals surface area contributed by atoms with Crippen LogP contribution in [0.1, 0.15) is 74.4 Å². The van der Waals surface area contributed by atoms with E-state index in [2.05, 4.69) is 25.6 Å². The van der Waals surface area contributed by atoms with Crippen molar-refractivity contribution >= 4 is 0 Å². The average Bonchev–Trinajstić information content (AvgIpc) is 3.15. The number of hydrogen-bond acceptors (Lipinski definition) is 7. The van der Waals surface area contributed by atoms with Crippen LogP contribution in [-0.4, -0.2) is 20.3 Å². The molecule has 1 aliphatic carbocycles. The summed E-state index contributed by atoms with van der Waals surface area (Å²) in [5.41, 5.74) is 0. The van der Waals surface area contributed by atoms with Gasteiger partial charge < -0.3 is 9.05 Å². The molecule has 7 nitrogen and oxygen atoms in total. The molecule has 3 rings (SSSR count). The fourth-order valence-electron chi connectivity index (χ4n) is 2.69. The van der Waals surface area contributed by atoms with Crippen LogP contribution in [0, 0.1) is 6.92 Å². The predicted molar refractivity (Wildman–Crippen MR) is 74.4 cm³/mol. The van der Waals surface area contributed by atoms with Crippen LogP contribution in [0.4, 0.5) is 0 Å². The Bertz CT molecular complexity index is 573. The van der Waals surface area contributed by atoms with E-state index in [1.807, 2.05) is 6.92 Å². The maximum absolute atomic E-state index is 5.39. The summed E-state index contributed by atoms with van der Waals surface area (Å²) in [6, 6.07) is -0.0337. The summed E-state index contributed by atoms with van der Waals surface area (Å²) in [7, 11) is 0. The lowest BCUT2D eigenvalue weighted by molar-refractivity contribution is 0.326. The Morgan fingerprint density at radius 2 is 1.95 bits per heavy atom. The molecule has 21 heavy (non-hydrogen) atoms. The van der Waals surface area contributed by atoms with Crippen molar-refractivity contribution in [1.82, 2.24) is 25.6 Å². The molecule has 0 spiro atoms. The highest BCUT2D eigenvalue weighted by Crippen LogP contribution is 2.31. The van der Waals surface area contributed by atoms with E-state index in [0.717, 1.165) is 5.82 Å². The molecule has 0 aromatic carbocycles. The number of aromatic nitrogens is 4. The fourth-order valence-corrected chi connectivity index (χ4v) is 2.69. The van der Waals surface area contributed by atoms with Crippen molar-refractivity contribution in [3.05, 3.63) is 23.4 Å². The first-order valence-corrected chi connectivity index (χ1v) is 7.58. The zero-order valence-corrected chi connectivity index (χ0v) is 12.5. The molecule has 1 N–H and O–H groups in total. The second kappa shape index (κ2) is 6.34. The second-order valence-electron chi connectivity index (χ2n) is 5.66. The van der Waals surface area contributed by atoms with E-state index < -0.39 is 0 Å². The molecule has 0 amide bonds. The van der Waals surface area contributed by atoms with Gasteiger partial charge in [0.15, 0.2) is 11.6 Å². The van der Waals surface area contributed by atoms with E-state index in [1.54, 1.807) is 6.92 Å². The molecule has 0 bridgehead atoms. The molecule has 1 atom stereocenters. The largest absolute Gasteiger partial charge is 0.340 e. The zero-order valence-electron chi connectivity index (χ0n) is 12.5. The Morgan fingerprint density at radius 3 is 2.67 bits per heavy atom. The third-order valence-corrected chi connectivity index (χ3v) is 3.93. The minimum absolute atomic E-state index is 0.0337. The number of hydrogen-bond donors (Lipinski definition) is 1. The minimum Gasteiger partial charge on any atom is -0.340 e. The molecule has 2 heterocycles. The monoisotopic (exact) mass is 291 g/mol. The summed E-state index contributed by atoms with van der Waals surface area (Å²) in [4.78, 5) is 8.69. The third-order valence-electron chi connectivity index (χ3n) is 3.93. The molecule has 2 aromatic rings. The van der Waals surface area contributed by atoms with Crippen LogP contribution < -0.4 is 5.32 Å². The van der Waals surface area contributed by atoms with Crippen LogP contribution in [0.3, 0.4) is 0 Å². The van der Waals surface area contributed by atoms with Crippen molar-refractivity contribution in [1.29, 1.82) is 0 Å². The van der Waals surface area contributed by atoms with Gasteiger partial charge in [-0.25, -0.2) is 0 Å². The molecule has 114 valence electrons. The van der Waals surface area contributed by atoms with Gasteiger partial charge in [0.05, 0.1) is 12.6 Å². The Labute approximate surface area is 123 Å². The molecule has 1 unspecified atom stereocenters. The van der Waals surface area contributed by atoms with Crippen molar-refractivity contribution in [2.24, 2.45) is 0 Å². The minimum atomic E-state index is -0.0337. The molecule has 0 saturated heterocycles. The summed E-state index contributed by atoms with van der Waals surface area (Å²) >= 11 is 0. The molecule has 1 aliphatic rings. The van der Waals surface area contributed by atoms with Gasteiger partial charge in [0.25, 0.3) is 0 Å². The summed E-state index contributed by atoms with van der Waals surface area (Å²) < 4.78 is 10.3. The lowest BCUT2D eigenvalue weighted by Gasteiger charge is -2.17. The standard InChI is InChI=1S/C14H21N5O2/c1-9(15-8-12-16-10(2)20-18-12)14-17-13(19-21-14)11-6-4-3-5-7-11/h9,11,15H,3-8H2,1-2H3.